The lowest BCUT2D eigenvalue weighted by atomic mass is 10.1. The number of aromatic amines is 1. The van der Waals surface area contributed by atoms with E-state index in [4.69, 9.17) is 5.73 Å². The number of H-pyrrole nitrogens is 1. The van der Waals surface area contributed by atoms with Gasteiger partial charge < -0.3 is 10.6 Å². The van der Waals surface area contributed by atoms with Gasteiger partial charge in [-0.2, -0.15) is 0 Å². The Hall–Kier alpha value is -2.42. The molecule has 8 nitrogen and oxygen atoms in total. The van der Waals surface area contributed by atoms with Crippen molar-refractivity contribution in [3.8, 4) is 0 Å². The van der Waals surface area contributed by atoms with Crippen LogP contribution in [0.1, 0.15) is 50.4 Å². The van der Waals surface area contributed by atoms with E-state index in [1.807, 2.05) is 20.8 Å². The highest BCUT2D eigenvalue weighted by Gasteiger charge is 2.25. The van der Waals surface area contributed by atoms with Crippen molar-refractivity contribution in [1.82, 2.24) is 14.5 Å². The third kappa shape index (κ3) is 5.09. The average Bonchev–Trinajstić information content (AvgIpc) is 2.63. The van der Waals surface area contributed by atoms with Crippen molar-refractivity contribution in [3.63, 3.8) is 0 Å². The summed E-state index contributed by atoms with van der Waals surface area (Å²) < 4.78 is 1.96. The molecule has 2 heterocycles. The molecule has 0 aromatic carbocycles. The molecule has 0 spiro atoms. The lowest BCUT2D eigenvalue weighted by Gasteiger charge is -2.25. The van der Waals surface area contributed by atoms with Crippen LogP contribution in [0.5, 0.6) is 0 Å². The molecule has 0 unspecified atom stereocenters. The Morgan fingerprint density at radius 2 is 2.07 bits per heavy atom. The first-order valence-electron chi connectivity index (χ1n) is 9.31. The number of nitrogen functional groups attached to an aromatic ring is 1. The van der Waals surface area contributed by atoms with Crippen LogP contribution in [0.2, 0.25) is 0 Å². The number of carbonyl (C=O) groups excluding carboxylic acids is 1. The minimum absolute atomic E-state index is 0.00123. The molecule has 0 saturated heterocycles. The van der Waals surface area contributed by atoms with Gasteiger partial charge in [-0.25, -0.2) is 4.79 Å². The van der Waals surface area contributed by atoms with Crippen LogP contribution in [0.15, 0.2) is 32.5 Å². The fraction of sp³-hybridized carbons (Fsp3) is 0.474. The largest absolute Gasteiger partial charge is 0.383 e. The average molecular weight is 452 g/mol. The quantitative estimate of drug-likeness (QED) is 0.640. The van der Waals surface area contributed by atoms with E-state index < -0.39 is 17.2 Å². The third-order valence-electron chi connectivity index (χ3n) is 4.35. The molecule has 0 aliphatic carbocycles. The summed E-state index contributed by atoms with van der Waals surface area (Å²) in [5, 5.41) is 0. The maximum atomic E-state index is 13.2. The van der Waals surface area contributed by atoms with Crippen molar-refractivity contribution < 1.29 is 4.79 Å². The number of pyridine rings is 1. The normalized spacial score (nSPS) is 11.0. The lowest BCUT2D eigenvalue weighted by molar-refractivity contribution is 0.0985. The zero-order valence-electron chi connectivity index (χ0n) is 16.4. The summed E-state index contributed by atoms with van der Waals surface area (Å²) >= 11 is 3.31. The zero-order valence-corrected chi connectivity index (χ0v) is 18.0. The number of nitrogens with zero attached hydrogens (tertiary/aromatic N) is 3. The number of hydrogen-bond acceptors (Lipinski definition) is 5. The highest BCUT2D eigenvalue weighted by Crippen LogP contribution is 2.22. The second kappa shape index (κ2) is 9.68. The maximum absolute atomic E-state index is 13.2. The van der Waals surface area contributed by atoms with Gasteiger partial charge in [-0.1, -0.05) is 27.2 Å². The molecule has 0 aliphatic rings. The molecule has 2 aromatic rings. The molecule has 2 aromatic heterocycles. The van der Waals surface area contributed by atoms with Crippen molar-refractivity contribution in [2.45, 2.75) is 46.6 Å². The third-order valence-corrected chi connectivity index (χ3v) is 4.78. The summed E-state index contributed by atoms with van der Waals surface area (Å²) in [6.07, 6.45) is 5.26. The number of hydrogen-bond donors (Lipinski definition) is 2. The van der Waals surface area contributed by atoms with Gasteiger partial charge in [-0.15, -0.1) is 0 Å². The molecule has 0 fully saturated rings. The summed E-state index contributed by atoms with van der Waals surface area (Å²) in [6, 6.07) is 1.63. The minimum Gasteiger partial charge on any atom is -0.383 e. The number of carbonyl (C=O) groups is 1. The molecule has 0 atom stereocenters. The molecule has 9 heteroatoms. The van der Waals surface area contributed by atoms with Gasteiger partial charge in [0.05, 0.1) is 5.56 Å². The Kier molecular flexibility index (Phi) is 7.56. The second-order valence-corrected chi connectivity index (χ2v) is 7.95. The molecule has 0 aliphatic heterocycles. The second-order valence-electron chi connectivity index (χ2n) is 7.03. The van der Waals surface area contributed by atoms with Crippen molar-refractivity contribution in [3.05, 3.63) is 49.3 Å². The van der Waals surface area contributed by atoms with Gasteiger partial charge in [-0.3, -0.25) is 24.1 Å². The molecule has 0 bridgehead atoms. The zero-order chi connectivity index (χ0) is 20.8. The fourth-order valence-electron chi connectivity index (χ4n) is 2.76. The Labute approximate surface area is 171 Å². The number of rotatable bonds is 8. The summed E-state index contributed by atoms with van der Waals surface area (Å²) in [6.45, 7) is 6.71. The Morgan fingerprint density at radius 1 is 1.36 bits per heavy atom. The maximum Gasteiger partial charge on any atom is 0.330 e. The molecule has 0 saturated carbocycles. The fourth-order valence-corrected chi connectivity index (χ4v) is 3.13. The van der Waals surface area contributed by atoms with Gasteiger partial charge in [0.2, 0.25) is 0 Å². The SMILES string of the molecule is CCCCn1c(N)c(N(CCC(C)C)C(=O)c2cncc(Br)c2)c(=O)[nH]c1=O. The van der Waals surface area contributed by atoms with Crippen LogP contribution in [0, 0.1) is 5.92 Å². The molecule has 2 rings (SSSR count). The van der Waals surface area contributed by atoms with Gasteiger partial charge in [0.25, 0.3) is 11.5 Å². The van der Waals surface area contributed by atoms with Crippen LogP contribution in [0.4, 0.5) is 11.5 Å². The predicted molar refractivity (Wildman–Crippen MR) is 114 cm³/mol. The van der Waals surface area contributed by atoms with Crippen LogP contribution >= 0.6 is 15.9 Å². The standard InChI is InChI=1S/C19H26BrN5O3/c1-4-5-7-25-16(21)15(17(26)23-19(25)28)24(8-6-12(2)3)18(27)13-9-14(20)11-22-10-13/h9-12H,4-8,21H2,1-3H3,(H,23,26,28). The van der Waals surface area contributed by atoms with E-state index >= 15 is 0 Å². The summed E-state index contributed by atoms with van der Waals surface area (Å²) in [7, 11) is 0. The Balaban J connectivity index is 2.58. The van der Waals surface area contributed by atoms with E-state index in [0.717, 1.165) is 12.8 Å². The first-order chi connectivity index (χ1) is 13.3. The monoisotopic (exact) mass is 451 g/mol. The Bertz CT molecular complexity index is 951. The molecule has 1 amide bonds. The molecular weight excluding hydrogens is 426 g/mol. The van der Waals surface area contributed by atoms with Crippen LogP contribution in [0.25, 0.3) is 0 Å². The summed E-state index contributed by atoms with van der Waals surface area (Å²) in [4.78, 5) is 45.7. The first-order valence-corrected chi connectivity index (χ1v) is 10.1. The van der Waals surface area contributed by atoms with E-state index in [-0.39, 0.29) is 11.5 Å². The number of anilines is 2. The van der Waals surface area contributed by atoms with Gasteiger partial charge in [0.1, 0.15) is 5.82 Å². The van der Waals surface area contributed by atoms with E-state index in [0.29, 0.717) is 35.5 Å². The van der Waals surface area contributed by atoms with Crippen molar-refractivity contribution in [1.29, 1.82) is 0 Å². The predicted octanol–water partition coefficient (Wildman–Crippen LogP) is 2.77. The van der Waals surface area contributed by atoms with Gasteiger partial charge in [0, 0.05) is 30.0 Å². The summed E-state index contributed by atoms with van der Waals surface area (Å²) in [5.41, 5.74) is 5.29. The number of amides is 1. The van der Waals surface area contributed by atoms with Crippen LogP contribution < -0.4 is 21.9 Å². The van der Waals surface area contributed by atoms with Crippen molar-refractivity contribution in [2.24, 2.45) is 5.92 Å². The summed E-state index contributed by atoms with van der Waals surface area (Å²) in [5.74, 6) is -0.0863. The van der Waals surface area contributed by atoms with E-state index in [1.54, 1.807) is 12.3 Å². The number of unbranched alkanes of at least 4 members (excludes halogenated alkanes) is 1. The van der Waals surface area contributed by atoms with Crippen molar-refractivity contribution >= 4 is 33.3 Å². The van der Waals surface area contributed by atoms with Crippen LogP contribution in [-0.4, -0.2) is 27.0 Å². The number of nitrogens with one attached hydrogen (secondary N) is 1. The molecule has 3 N–H and O–H groups in total. The Morgan fingerprint density at radius 3 is 2.68 bits per heavy atom. The molecular formula is C19H26BrN5O3. The number of aromatic nitrogens is 3. The highest BCUT2D eigenvalue weighted by molar-refractivity contribution is 9.10. The van der Waals surface area contributed by atoms with E-state index in [1.165, 1.54) is 15.7 Å². The molecule has 0 radical (unpaired) electrons. The smallest absolute Gasteiger partial charge is 0.330 e. The van der Waals surface area contributed by atoms with Crippen LogP contribution in [0.3, 0.4) is 0 Å². The van der Waals surface area contributed by atoms with Gasteiger partial charge in [-0.05, 0) is 40.8 Å². The molecule has 152 valence electrons. The number of nitrogens with two attached hydrogens (primary N) is 1. The highest BCUT2D eigenvalue weighted by atomic mass is 79.9. The minimum atomic E-state index is -0.671. The van der Waals surface area contributed by atoms with Gasteiger partial charge in [0.15, 0.2) is 5.69 Å². The lowest BCUT2D eigenvalue weighted by Crippen LogP contribution is -2.42. The van der Waals surface area contributed by atoms with E-state index in [2.05, 4.69) is 25.9 Å². The topological polar surface area (TPSA) is 114 Å². The molecule has 28 heavy (non-hydrogen) atoms. The van der Waals surface area contributed by atoms with Crippen molar-refractivity contribution in [2.75, 3.05) is 17.2 Å². The first kappa shape index (κ1) is 21.9. The van der Waals surface area contributed by atoms with E-state index in [9.17, 15) is 14.4 Å². The number of halogens is 1. The van der Waals surface area contributed by atoms with Gasteiger partial charge >= 0.3 is 5.69 Å². The van der Waals surface area contributed by atoms with Crippen LogP contribution in [-0.2, 0) is 6.54 Å².